The molecule has 8 nitrogen and oxygen atoms in total. The van der Waals surface area contributed by atoms with Gasteiger partial charge in [0.1, 0.15) is 0 Å². The molecule has 0 saturated carbocycles. The quantitative estimate of drug-likeness (QED) is 0.165. The van der Waals surface area contributed by atoms with Crippen molar-refractivity contribution in [1.82, 2.24) is 25.1 Å². The van der Waals surface area contributed by atoms with E-state index >= 15 is 0 Å². The van der Waals surface area contributed by atoms with Crippen molar-refractivity contribution in [2.45, 2.75) is 65.9 Å². The maximum Gasteiger partial charge on any atom is 0.216 e. The molecule has 0 atom stereocenters. The van der Waals surface area contributed by atoms with Gasteiger partial charge in [-0.25, -0.2) is 18.1 Å². The minimum atomic E-state index is -3.32. The van der Waals surface area contributed by atoms with Gasteiger partial charge in [0.05, 0.1) is 18.0 Å². The summed E-state index contributed by atoms with van der Waals surface area (Å²) < 4.78 is 28.8. The van der Waals surface area contributed by atoms with Crippen molar-refractivity contribution in [2.24, 2.45) is 4.99 Å². The Bertz CT molecular complexity index is 955. The van der Waals surface area contributed by atoms with Crippen LogP contribution in [0.1, 0.15) is 49.7 Å². The summed E-state index contributed by atoms with van der Waals surface area (Å²) in [7, 11) is -3.32. The van der Waals surface area contributed by atoms with Crippen LogP contribution in [-0.2, 0) is 28.9 Å². The number of hydrogen-bond acceptors (Lipinski definition) is 4. The zero-order valence-electron chi connectivity index (χ0n) is 19.7. The van der Waals surface area contributed by atoms with E-state index in [9.17, 15) is 8.42 Å². The zero-order valence-corrected chi connectivity index (χ0v) is 22.8. The first kappa shape index (κ1) is 28.4. The molecule has 0 bridgehead atoms. The Hall–Kier alpha value is -1.66. The number of benzene rings is 1. The summed E-state index contributed by atoms with van der Waals surface area (Å²) in [5.41, 5.74) is 4.00. The van der Waals surface area contributed by atoms with Gasteiger partial charge in [-0.05, 0) is 58.2 Å². The molecule has 1 aromatic carbocycles. The predicted octanol–water partition coefficient (Wildman–Crippen LogP) is 3.09. The molecule has 3 N–H and O–H groups in total. The normalized spacial score (nSPS) is 12.0. The van der Waals surface area contributed by atoms with Gasteiger partial charge in [-0.2, -0.15) is 5.10 Å². The number of nitrogens with zero attached hydrogens (tertiary/aromatic N) is 3. The first-order valence-corrected chi connectivity index (χ1v) is 12.4. The van der Waals surface area contributed by atoms with Crippen LogP contribution >= 0.6 is 24.0 Å². The molecule has 0 radical (unpaired) electrons. The van der Waals surface area contributed by atoms with Crippen molar-refractivity contribution >= 4 is 40.0 Å². The smallest absolute Gasteiger partial charge is 0.216 e. The molecule has 0 aliphatic heterocycles. The van der Waals surface area contributed by atoms with E-state index in [0.717, 1.165) is 48.8 Å². The van der Waals surface area contributed by atoms with Crippen molar-refractivity contribution in [2.75, 3.05) is 13.1 Å². The van der Waals surface area contributed by atoms with Gasteiger partial charge in [0, 0.05) is 31.4 Å². The second-order valence-electron chi connectivity index (χ2n) is 7.97. The molecule has 0 aliphatic carbocycles. The molecule has 0 saturated heterocycles. The minimum Gasteiger partial charge on any atom is -0.357 e. The van der Waals surface area contributed by atoms with Crippen LogP contribution in [0.15, 0.2) is 35.3 Å². The number of aromatic nitrogens is 2. The number of hydrogen-bond donors (Lipinski definition) is 3. The highest BCUT2D eigenvalue weighted by Gasteiger charge is 2.12. The summed E-state index contributed by atoms with van der Waals surface area (Å²) in [5, 5.41) is 11.1. The lowest BCUT2D eigenvalue weighted by Gasteiger charge is -2.12. The molecular weight excluding hydrogens is 539 g/mol. The van der Waals surface area contributed by atoms with Gasteiger partial charge in [0.2, 0.25) is 10.0 Å². The Balaban J connectivity index is 0.00000512. The largest absolute Gasteiger partial charge is 0.357 e. The van der Waals surface area contributed by atoms with E-state index < -0.39 is 10.0 Å². The number of sulfonamides is 1. The molecule has 0 amide bonds. The number of guanidine groups is 1. The fourth-order valence-corrected chi connectivity index (χ4v) is 4.64. The van der Waals surface area contributed by atoms with E-state index in [1.165, 1.54) is 5.69 Å². The molecular formula is C22H37IN6O2S. The summed E-state index contributed by atoms with van der Waals surface area (Å²) in [6.07, 6.45) is 0.944. The van der Waals surface area contributed by atoms with Crippen LogP contribution in [0.5, 0.6) is 0 Å². The first-order chi connectivity index (χ1) is 14.7. The van der Waals surface area contributed by atoms with Crippen LogP contribution in [0.25, 0.3) is 0 Å². The Kier molecular flexibility index (Phi) is 12.2. The summed E-state index contributed by atoms with van der Waals surface area (Å²) in [6.45, 7) is 12.7. The average molecular weight is 577 g/mol. The van der Waals surface area contributed by atoms with Crippen LogP contribution in [0.2, 0.25) is 0 Å². The number of halogens is 1. The molecule has 0 unspecified atom stereocenters. The van der Waals surface area contributed by atoms with Gasteiger partial charge in [0.15, 0.2) is 5.96 Å². The monoisotopic (exact) mass is 576 g/mol. The molecule has 0 spiro atoms. The van der Waals surface area contributed by atoms with Crippen molar-refractivity contribution in [3.8, 4) is 0 Å². The Morgan fingerprint density at radius 3 is 2.34 bits per heavy atom. The first-order valence-electron chi connectivity index (χ1n) is 10.8. The Morgan fingerprint density at radius 1 is 1.12 bits per heavy atom. The summed E-state index contributed by atoms with van der Waals surface area (Å²) >= 11 is 0. The number of rotatable bonds is 11. The molecule has 0 fully saturated rings. The van der Waals surface area contributed by atoms with E-state index in [0.29, 0.717) is 6.54 Å². The summed E-state index contributed by atoms with van der Waals surface area (Å²) in [6, 6.07) is 9.52. The van der Waals surface area contributed by atoms with Crippen LogP contribution in [0, 0.1) is 13.8 Å². The summed E-state index contributed by atoms with van der Waals surface area (Å²) in [5.74, 6) is 0.748. The maximum absolute atomic E-state index is 12.1. The third-order valence-electron chi connectivity index (χ3n) is 4.50. The predicted molar refractivity (Wildman–Crippen MR) is 142 cm³/mol. The van der Waals surface area contributed by atoms with Crippen LogP contribution in [-0.4, -0.2) is 43.3 Å². The lowest BCUT2D eigenvalue weighted by molar-refractivity contribution is 0.555. The van der Waals surface area contributed by atoms with Gasteiger partial charge in [-0.3, -0.25) is 4.68 Å². The van der Waals surface area contributed by atoms with Crippen molar-refractivity contribution in [3.63, 3.8) is 0 Å². The Labute approximate surface area is 209 Å². The molecule has 180 valence electrons. The van der Waals surface area contributed by atoms with Gasteiger partial charge >= 0.3 is 0 Å². The molecule has 1 heterocycles. The van der Waals surface area contributed by atoms with Crippen molar-refractivity contribution < 1.29 is 8.42 Å². The van der Waals surface area contributed by atoms with Gasteiger partial charge in [-0.15, -0.1) is 24.0 Å². The van der Waals surface area contributed by atoms with E-state index in [1.54, 1.807) is 0 Å². The number of nitrogens with one attached hydrogen (secondary N) is 3. The standard InChI is InChI=1S/C22H36N6O2S.HI/c1-6-23-22(24-12-7-13-28-19(5)14-18(4)26-28)25-15-20-8-10-21(11-9-20)16-31(29,30)27-17(2)3;/h8-11,14,17,27H,6-7,12-13,15-16H2,1-5H3,(H2,23,24,25);1H. The zero-order chi connectivity index (χ0) is 22.9. The lowest BCUT2D eigenvalue weighted by Crippen LogP contribution is -2.38. The van der Waals surface area contributed by atoms with E-state index in [1.807, 2.05) is 56.6 Å². The summed E-state index contributed by atoms with van der Waals surface area (Å²) in [4.78, 5) is 4.63. The number of aliphatic imine (C=N–C) groups is 1. The van der Waals surface area contributed by atoms with Crippen LogP contribution in [0.4, 0.5) is 0 Å². The second kappa shape index (κ2) is 13.8. The number of aryl methyl sites for hydroxylation is 3. The molecule has 0 aliphatic rings. The van der Waals surface area contributed by atoms with Gasteiger partial charge in [-0.1, -0.05) is 24.3 Å². The van der Waals surface area contributed by atoms with E-state index in [-0.39, 0.29) is 35.8 Å². The maximum atomic E-state index is 12.1. The Morgan fingerprint density at radius 2 is 1.78 bits per heavy atom. The molecule has 1 aromatic heterocycles. The van der Waals surface area contributed by atoms with E-state index in [2.05, 4.69) is 38.4 Å². The highest BCUT2D eigenvalue weighted by Crippen LogP contribution is 2.09. The minimum absolute atomic E-state index is 0. The van der Waals surface area contributed by atoms with E-state index in [4.69, 9.17) is 0 Å². The third kappa shape index (κ3) is 10.3. The molecule has 32 heavy (non-hydrogen) atoms. The molecule has 2 aromatic rings. The van der Waals surface area contributed by atoms with Crippen LogP contribution < -0.4 is 15.4 Å². The highest BCUT2D eigenvalue weighted by atomic mass is 127. The second-order valence-corrected chi connectivity index (χ2v) is 9.73. The fraction of sp³-hybridized carbons (Fsp3) is 0.545. The van der Waals surface area contributed by atoms with Gasteiger partial charge < -0.3 is 10.6 Å². The highest BCUT2D eigenvalue weighted by molar-refractivity contribution is 14.0. The third-order valence-corrected chi connectivity index (χ3v) is 6.05. The van der Waals surface area contributed by atoms with Crippen molar-refractivity contribution in [1.29, 1.82) is 0 Å². The molecule has 10 heteroatoms. The fourth-order valence-electron chi connectivity index (χ4n) is 3.21. The van der Waals surface area contributed by atoms with Crippen LogP contribution in [0.3, 0.4) is 0 Å². The van der Waals surface area contributed by atoms with Gasteiger partial charge in [0.25, 0.3) is 0 Å². The lowest BCUT2D eigenvalue weighted by atomic mass is 10.1. The molecule has 2 rings (SSSR count). The average Bonchev–Trinajstić information content (AvgIpc) is 3.00. The SMILES string of the molecule is CCNC(=NCc1ccc(CS(=O)(=O)NC(C)C)cc1)NCCCn1nc(C)cc1C.I. The van der Waals surface area contributed by atoms with Crippen molar-refractivity contribution in [3.05, 3.63) is 52.8 Å². The topological polar surface area (TPSA) is 100 Å².